The van der Waals surface area contributed by atoms with Crippen LogP contribution in [0.3, 0.4) is 0 Å². The fraction of sp³-hybridized carbons (Fsp3) is 0.235. The second kappa shape index (κ2) is 6.73. The largest absolute Gasteiger partial charge is 0.573 e. The van der Waals surface area contributed by atoms with Gasteiger partial charge in [-0.3, -0.25) is 4.79 Å². The molecule has 0 atom stereocenters. The van der Waals surface area contributed by atoms with Crippen molar-refractivity contribution in [1.82, 2.24) is 4.90 Å². The highest BCUT2D eigenvalue weighted by Crippen LogP contribution is 2.23. The smallest absolute Gasteiger partial charge is 0.406 e. The van der Waals surface area contributed by atoms with Gasteiger partial charge in [-0.2, -0.15) is 0 Å². The number of ether oxygens (including phenoxy) is 1. The van der Waals surface area contributed by atoms with E-state index in [1.54, 1.807) is 19.2 Å². The highest BCUT2D eigenvalue weighted by atomic mass is 19.4. The zero-order valence-electron chi connectivity index (χ0n) is 12.7. The molecule has 0 aromatic heterocycles. The number of halogens is 3. The first kappa shape index (κ1) is 16.9. The van der Waals surface area contributed by atoms with Crippen molar-refractivity contribution in [3.8, 4) is 5.75 Å². The van der Waals surface area contributed by atoms with Crippen LogP contribution in [0.25, 0.3) is 0 Å². The fourth-order valence-electron chi connectivity index (χ4n) is 2.06. The van der Waals surface area contributed by atoms with E-state index in [1.165, 1.54) is 29.2 Å². The minimum Gasteiger partial charge on any atom is -0.406 e. The van der Waals surface area contributed by atoms with Gasteiger partial charge in [-0.25, -0.2) is 0 Å². The van der Waals surface area contributed by atoms with Crippen molar-refractivity contribution in [2.24, 2.45) is 0 Å². The van der Waals surface area contributed by atoms with Gasteiger partial charge in [0.05, 0.1) is 0 Å². The van der Waals surface area contributed by atoms with Gasteiger partial charge in [0.1, 0.15) is 5.75 Å². The van der Waals surface area contributed by atoms with Crippen molar-refractivity contribution < 1.29 is 22.7 Å². The third-order valence-electron chi connectivity index (χ3n) is 3.22. The summed E-state index contributed by atoms with van der Waals surface area (Å²) in [4.78, 5) is 13.8. The van der Waals surface area contributed by atoms with E-state index in [1.807, 2.05) is 19.1 Å². The van der Waals surface area contributed by atoms with Crippen LogP contribution in [0.1, 0.15) is 21.5 Å². The molecule has 0 heterocycles. The summed E-state index contributed by atoms with van der Waals surface area (Å²) in [6, 6.07) is 12.7. The second-order valence-electron chi connectivity index (χ2n) is 5.22. The van der Waals surface area contributed by atoms with Crippen molar-refractivity contribution in [1.29, 1.82) is 0 Å². The molecule has 0 saturated heterocycles. The van der Waals surface area contributed by atoms with E-state index in [0.29, 0.717) is 17.7 Å². The Morgan fingerprint density at radius 2 is 1.61 bits per heavy atom. The van der Waals surface area contributed by atoms with E-state index >= 15 is 0 Å². The Labute approximate surface area is 132 Å². The van der Waals surface area contributed by atoms with Crippen LogP contribution >= 0.6 is 0 Å². The molecule has 2 rings (SSSR count). The molecule has 122 valence electrons. The summed E-state index contributed by atoms with van der Waals surface area (Å²) in [5.74, 6) is -0.436. The lowest BCUT2D eigenvalue weighted by Crippen LogP contribution is -2.26. The van der Waals surface area contributed by atoms with Gasteiger partial charge in [0.15, 0.2) is 0 Å². The molecule has 0 saturated carbocycles. The molecule has 0 aliphatic carbocycles. The number of rotatable bonds is 4. The SMILES string of the molecule is Cc1ccc(C(=O)N(C)Cc2ccc(OC(F)(F)F)cc2)cc1. The zero-order chi connectivity index (χ0) is 17.0. The van der Waals surface area contributed by atoms with Gasteiger partial charge in [0.25, 0.3) is 5.91 Å². The lowest BCUT2D eigenvalue weighted by molar-refractivity contribution is -0.274. The topological polar surface area (TPSA) is 29.5 Å². The van der Waals surface area contributed by atoms with Gasteiger partial charge in [-0.1, -0.05) is 29.8 Å². The van der Waals surface area contributed by atoms with Crippen molar-refractivity contribution in [2.75, 3.05) is 7.05 Å². The predicted molar refractivity (Wildman–Crippen MR) is 80.1 cm³/mol. The lowest BCUT2D eigenvalue weighted by atomic mass is 10.1. The summed E-state index contributed by atoms with van der Waals surface area (Å²) >= 11 is 0. The Morgan fingerprint density at radius 3 is 2.13 bits per heavy atom. The summed E-state index contributed by atoms with van der Waals surface area (Å²) in [7, 11) is 1.64. The van der Waals surface area contributed by atoms with Crippen molar-refractivity contribution in [3.05, 3.63) is 65.2 Å². The van der Waals surface area contributed by atoms with Crippen LogP contribution in [-0.4, -0.2) is 24.2 Å². The van der Waals surface area contributed by atoms with Gasteiger partial charge in [0.2, 0.25) is 0 Å². The number of amides is 1. The Hall–Kier alpha value is -2.50. The average molecular weight is 323 g/mol. The van der Waals surface area contributed by atoms with E-state index in [-0.39, 0.29) is 11.7 Å². The first-order valence-electron chi connectivity index (χ1n) is 6.91. The van der Waals surface area contributed by atoms with Crippen LogP contribution in [0, 0.1) is 6.92 Å². The second-order valence-corrected chi connectivity index (χ2v) is 5.22. The number of hydrogen-bond donors (Lipinski definition) is 0. The standard InChI is InChI=1S/C17H16F3NO2/c1-12-3-7-14(8-4-12)16(22)21(2)11-13-5-9-15(10-6-13)23-17(18,19)20/h3-10H,11H2,1-2H3. The molecular weight excluding hydrogens is 307 g/mol. The molecule has 2 aromatic rings. The Kier molecular flexibility index (Phi) is 4.93. The Bertz CT molecular complexity index is 664. The number of hydrogen-bond acceptors (Lipinski definition) is 2. The summed E-state index contributed by atoms with van der Waals surface area (Å²) in [6.07, 6.45) is -4.71. The maximum Gasteiger partial charge on any atom is 0.573 e. The molecule has 3 nitrogen and oxygen atoms in total. The van der Waals surface area contributed by atoms with Crippen LogP contribution < -0.4 is 4.74 Å². The van der Waals surface area contributed by atoms with Crippen molar-refractivity contribution in [2.45, 2.75) is 19.8 Å². The van der Waals surface area contributed by atoms with Crippen LogP contribution in [-0.2, 0) is 6.54 Å². The normalized spacial score (nSPS) is 11.2. The first-order valence-corrected chi connectivity index (χ1v) is 6.91. The molecule has 0 bridgehead atoms. The Morgan fingerprint density at radius 1 is 1.04 bits per heavy atom. The molecule has 23 heavy (non-hydrogen) atoms. The number of carbonyl (C=O) groups excluding carboxylic acids is 1. The fourth-order valence-corrected chi connectivity index (χ4v) is 2.06. The minimum absolute atomic E-state index is 0.152. The van der Waals surface area contributed by atoms with E-state index in [0.717, 1.165) is 5.56 Å². The van der Waals surface area contributed by atoms with Crippen LogP contribution in [0.15, 0.2) is 48.5 Å². The molecule has 6 heteroatoms. The number of benzene rings is 2. The molecule has 0 aliphatic rings. The van der Waals surface area contributed by atoms with Gasteiger partial charge >= 0.3 is 6.36 Å². The van der Waals surface area contributed by atoms with Crippen LogP contribution in [0.5, 0.6) is 5.75 Å². The summed E-state index contributed by atoms with van der Waals surface area (Å²) in [6.45, 7) is 2.22. The third kappa shape index (κ3) is 5.02. The van der Waals surface area contributed by atoms with E-state index < -0.39 is 6.36 Å². The van der Waals surface area contributed by atoms with Gasteiger partial charge in [-0.15, -0.1) is 13.2 Å². The Balaban J connectivity index is 2.01. The monoisotopic (exact) mass is 323 g/mol. The molecule has 0 fully saturated rings. The zero-order valence-corrected chi connectivity index (χ0v) is 12.7. The van der Waals surface area contributed by atoms with Crippen molar-refractivity contribution >= 4 is 5.91 Å². The number of alkyl halides is 3. The van der Waals surface area contributed by atoms with Gasteiger partial charge < -0.3 is 9.64 Å². The number of carbonyl (C=O) groups is 1. The first-order chi connectivity index (χ1) is 10.7. The number of aryl methyl sites for hydroxylation is 1. The van der Waals surface area contributed by atoms with Gasteiger partial charge in [0, 0.05) is 19.2 Å². The summed E-state index contributed by atoms with van der Waals surface area (Å²) in [5, 5.41) is 0. The predicted octanol–water partition coefficient (Wildman–Crippen LogP) is 4.17. The molecule has 0 spiro atoms. The summed E-state index contributed by atoms with van der Waals surface area (Å²) < 4.78 is 40.1. The lowest BCUT2D eigenvalue weighted by Gasteiger charge is -2.18. The van der Waals surface area contributed by atoms with Gasteiger partial charge in [-0.05, 0) is 36.8 Å². The highest BCUT2D eigenvalue weighted by molar-refractivity contribution is 5.94. The molecule has 2 aromatic carbocycles. The highest BCUT2D eigenvalue weighted by Gasteiger charge is 2.30. The average Bonchev–Trinajstić information content (AvgIpc) is 2.48. The minimum atomic E-state index is -4.71. The molecule has 0 aliphatic heterocycles. The van der Waals surface area contributed by atoms with Crippen molar-refractivity contribution in [3.63, 3.8) is 0 Å². The molecule has 1 amide bonds. The number of nitrogens with zero attached hydrogens (tertiary/aromatic N) is 1. The van der Waals surface area contributed by atoms with Crippen LogP contribution in [0.4, 0.5) is 13.2 Å². The third-order valence-corrected chi connectivity index (χ3v) is 3.22. The summed E-state index contributed by atoms with van der Waals surface area (Å²) in [5.41, 5.74) is 2.34. The molecule has 0 radical (unpaired) electrons. The van der Waals surface area contributed by atoms with E-state index in [9.17, 15) is 18.0 Å². The maximum absolute atomic E-state index is 12.3. The van der Waals surface area contributed by atoms with Crippen LogP contribution in [0.2, 0.25) is 0 Å². The van der Waals surface area contributed by atoms with E-state index in [4.69, 9.17) is 0 Å². The maximum atomic E-state index is 12.3. The molecular formula is C17H16F3NO2. The van der Waals surface area contributed by atoms with E-state index in [2.05, 4.69) is 4.74 Å². The quantitative estimate of drug-likeness (QED) is 0.845. The molecule has 0 N–H and O–H groups in total. The molecule has 0 unspecified atom stereocenters.